The fourth-order valence-corrected chi connectivity index (χ4v) is 8.28. The van der Waals surface area contributed by atoms with Crippen molar-refractivity contribution in [1.82, 2.24) is 0 Å². The highest BCUT2D eigenvalue weighted by molar-refractivity contribution is 5.69. The lowest BCUT2D eigenvalue weighted by molar-refractivity contribution is -0.193. The summed E-state index contributed by atoms with van der Waals surface area (Å²) < 4.78 is 0. The molecule has 0 bridgehead atoms. The van der Waals surface area contributed by atoms with E-state index in [4.69, 9.17) is 0 Å². The number of carbonyl (C=O) groups is 2. The van der Waals surface area contributed by atoms with E-state index >= 15 is 0 Å². The molecule has 0 radical (unpaired) electrons. The summed E-state index contributed by atoms with van der Waals surface area (Å²) in [6.45, 7) is 13.8. The summed E-state index contributed by atoms with van der Waals surface area (Å²) >= 11 is 0. The van der Waals surface area contributed by atoms with Gasteiger partial charge in [-0.05, 0) is 78.9 Å². The van der Waals surface area contributed by atoms with Crippen LogP contribution in [0.25, 0.3) is 0 Å². The highest BCUT2D eigenvalue weighted by atomic mass is 16.4. The second-order valence-corrected chi connectivity index (χ2v) is 11.7. The van der Waals surface area contributed by atoms with E-state index < -0.39 is 11.9 Å². The molecule has 0 heterocycles. The molecule has 0 aromatic rings. The molecule has 3 aliphatic rings. The highest BCUT2D eigenvalue weighted by Gasteiger charge is 2.64. The first kappa shape index (κ1) is 20.9. The summed E-state index contributed by atoms with van der Waals surface area (Å²) in [5, 5.41) is 9.55. The minimum atomic E-state index is -0.729. The van der Waals surface area contributed by atoms with Crippen LogP contribution in [0.4, 0.5) is 0 Å². The van der Waals surface area contributed by atoms with Crippen molar-refractivity contribution in [2.24, 2.45) is 45.3 Å². The van der Waals surface area contributed by atoms with E-state index in [0.717, 1.165) is 31.5 Å². The predicted molar refractivity (Wildman–Crippen MR) is 108 cm³/mol. The van der Waals surface area contributed by atoms with E-state index in [1.165, 1.54) is 25.7 Å². The van der Waals surface area contributed by atoms with E-state index in [1.807, 2.05) is 6.92 Å². The molecule has 3 aliphatic carbocycles. The van der Waals surface area contributed by atoms with Crippen LogP contribution in [0.1, 0.15) is 92.9 Å². The van der Waals surface area contributed by atoms with Gasteiger partial charge in [-0.25, -0.2) is 0 Å². The van der Waals surface area contributed by atoms with Crippen LogP contribution in [-0.2, 0) is 9.59 Å². The van der Waals surface area contributed by atoms with Gasteiger partial charge in [0.25, 0.3) is 0 Å². The van der Waals surface area contributed by atoms with Crippen molar-refractivity contribution >= 4 is 12.3 Å². The maximum absolute atomic E-state index is 12.2. The number of aliphatic carboxylic acids is 1. The third-order valence-electron chi connectivity index (χ3n) is 9.68. The summed E-state index contributed by atoms with van der Waals surface area (Å²) in [6.07, 6.45) is 10.1. The molecule has 0 amide bonds. The normalized spacial score (nSPS) is 47.4. The number of carbonyl (C=O) groups excluding carboxylic acids is 1. The maximum Gasteiger partial charge on any atom is 0.306 e. The second kappa shape index (κ2) is 6.59. The maximum atomic E-state index is 12.2. The van der Waals surface area contributed by atoms with Crippen molar-refractivity contribution in [2.45, 2.75) is 92.9 Å². The van der Waals surface area contributed by atoms with Gasteiger partial charge in [0.05, 0.1) is 5.92 Å². The number of hydrogen-bond donors (Lipinski definition) is 1. The van der Waals surface area contributed by atoms with Gasteiger partial charge in [-0.2, -0.15) is 0 Å². The van der Waals surface area contributed by atoms with Crippen LogP contribution in [0, 0.1) is 45.3 Å². The molecule has 0 aromatic carbocycles. The zero-order valence-corrected chi connectivity index (χ0v) is 18.3. The van der Waals surface area contributed by atoms with Crippen molar-refractivity contribution < 1.29 is 14.7 Å². The Bertz CT molecular complexity index is 611. The molecule has 3 fully saturated rings. The zero-order chi connectivity index (χ0) is 20.3. The average molecular weight is 377 g/mol. The van der Waals surface area contributed by atoms with E-state index in [-0.39, 0.29) is 16.7 Å². The first-order valence-corrected chi connectivity index (χ1v) is 11.1. The monoisotopic (exact) mass is 376 g/mol. The van der Waals surface area contributed by atoms with Gasteiger partial charge in [0.2, 0.25) is 0 Å². The van der Waals surface area contributed by atoms with Crippen molar-refractivity contribution in [2.75, 3.05) is 0 Å². The van der Waals surface area contributed by atoms with Crippen molar-refractivity contribution in [3.8, 4) is 0 Å². The molecule has 0 aliphatic heterocycles. The third-order valence-corrected chi connectivity index (χ3v) is 9.68. The topological polar surface area (TPSA) is 54.4 Å². The van der Waals surface area contributed by atoms with E-state index in [2.05, 4.69) is 34.6 Å². The molecule has 1 N–H and O–H groups in total. The minimum Gasteiger partial charge on any atom is -0.481 e. The quantitative estimate of drug-likeness (QED) is 0.616. The Kier molecular flexibility index (Phi) is 5.09. The van der Waals surface area contributed by atoms with Gasteiger partial charge in [-0.1, -0.05) is 48.0 Å². The Balaban J connectivity index is 2.02. The Morgan fingerprint density at radius 3 is 2.22 bits per heavy atom. The molecule has 3 nitrogen and oxygen atoms in total. The lowest BCUT2D eigenvalue weighted by atomic mass is 9.37. The fourth-order valence-electron chi connectivity index (χ4n) is 8.28. The Hall–Kier alpha value is -0.860. The van der Waals surface area contributed by atoms with Crippen LogP contribution in [-0.4, -0.2) is 17.4 Å². The molecule has 0 spiro atoms. The predicted octanol–water partition coefficient (Wildman–Crippen LogP) is 5.96. The summed E-state index contributed by atoms with van der Waals surface area (Å²) in [5.41, 5.74) is 0.395. The van der Waals surface area contributed by atoms with Gasteiger partial charge in [0, 0.05) is 5.41 Å². The fraction of sp³-hybridized carbons (Fsp3) is 0.917. The summed E-state index contributed by atoms with van der Waals surface area (Å²) in [7, 11) is 0. The van der Waals surface area contributed by atoms with Crippen LogP contribution in [0.15, 0.2) is 0 Å². The lowest BCUT2D eigenvalue weighted by Gasteiger charge is -2.68. The Morgan fingerprint density at radius 2 is 1.63 bits per heavy atom. The van der Waals surface area contributed by atoms with E-state index in [0.29, 0.717) is 23.2 Å². The minimum absolute atomic E-state index is 0.0658. The number of carboxylic acid groups (broad SMARTS) is 1. The largest absolute Gasteiger partial charge is 0.481 e. The number of rotatable bonds is 4. The van der Waals surface area contributed by atoms with Crippen LogP contribution in [0.3, 0.4) is 0 Å². The SMILES string of the molecule is CC(CC1C(C)(C=O)CCC2C3(C)CCCC(C)(C)C3CCC12C)C(=O)O. The number of fused-ring (bicyclic) bond motifs is 3. The summed E-state index contributed by atoms with van der Waals surface area (Å²) in [4.78, 5) is 23.8. The molecule has 7 unspecified atom stereocenters. The van der Waals surface area contributed by atoms with Gasteiger partial charge in [-0.15, -0.1) is 0 Å². The Morgan fingerprint density at radius 1 is 1.00 bits per heavy atom. The summed E-state index contributed by atoms with van der Waals surface area (Å²) in [6, 6.07) is 0. The van der Waals surface area contributed by atoms with Crippen molar-refractivity contribution in [3.63, 3.8) is 0 Å². The first-order valence-electron chi connectivity index (χ1n) is 11.1. The molecule has 27 heavy (non-hydrogen) atoms. The van der Waals surface area contributed by atoms with Crippen LogP contribution < -0.4 is 0 Å². The molecule has 3 saturated carbocycles. The van der Waals surface area contributed by atoms with E-state index in [1.54, 1.807) is 0 Å². The highest BCUT2D eigenvalue weighted by Crippen LogP contribution is 2.71. The molecular weight excluding hydrogens is 336 g/mol. The Labute approximate surface area is 165 Å². The van der Waals surface area contributed by atoms with Crippen LogP contribution in [0.5, 0.6) is 0 Å². The number of carboxylic acids is 1. The molecular formula is C24H40O3. The lowest BCUT2D eigenvalue weighted by Crippen LogP contribution is -2.61. The molecule has 3 rings (SSSR count). The molecule has 154 valence electrons. The van der Waals surface area contributed by atoms with Gasteiger partial charge in [-0.3, -0.25) is 4.79 Å². The molecule has 0 aromatic heterocycles. The number of aldehydes is 1. The summed E-state index contributed by atoms with van der Waals surface area (Å²) in [5.74, 6) is 0.387. The van der Waals surface area contributed by atoms with Gasteiger partial charge in [0.1, 0.15) is 6.29 Å². The van der Waals surface area contributed by atoms with Crippen LogP contribution >= 0.6 is 0 Å². The second-order valence-electron chi connectivity index (χ2n) is 11.7. The standard InChI is InChI=1S/C24H40O3/c1-16(20(26)27)14-19-22(4,15-25)12-8-18-23(5)11-7-10-21(2,3)17(23)9-13-24(18,19)6/h15-19H,7-14H2,1-6H3,(H,26,27). The van der Waals surface area contributed by atoms with Crippen molar-refractivity contribution in [1.29, 1.82) is 0 Å². The third kappa shape index (κ3) is 3.08. The number of hydrogen-bond acceptors (Lipinski definition) is 2. The average Bonchev–Trinajstić information content (AvgIpc) is 2.56. The van der Waals surface area contributed by atoms with Crippen molar-refractivity contribution in [3.05, 3.63) is 0 Å². The molecule has 3 heteroatoms. The van der Waals surface area contributed by atoms with E-state index in [9.17, 15) is 14.7 Å². The van der Waals surface area contributed by atoms with Gasteiger partial charge < -0.3 is 9.90 Å². The van der Waals surface area contributed by atoms with Crippen LogP contribution in [0.2, 0.25) is 0 Å². The van der Waals surface area contributed by atoms with Gasteiger partial charge in [0.15, 0.2) is 0 Å². The first-order chi connectivity index (χ1) is 12.4. The van der Waals surface area contributed by atoms with Gasteiger partial charge >= 0.3 is 5.97 Å². The molecule has 0 saturated heterocycles. The zero-order valence-electron chi connectivity index (χ0n) is 18.3. The smallest absolute Gasteiger partial charge is 0.306 e. The molecule has 7 atom stereocenters.